The van der Waals surface area contributed by atoms with E-state index in [0.717, 1.165) is 133 Å². The molecule has 0 spiro atoms. The molecule has 0 amide bonds. The molecule has 0 aliphatic heterocycles. The Morgan fingerprint density at radius 2 is 0.655 bits per heavy atom. The van der Waals surface area contributed by atoms with Crippen molar-refractivity contribution in [1.82, 2.24) is 10.6 Å². The summed E-state index contributed by atoms with van der Waals surface area (Å²) in [6, 6.07) is 15.2. The summed E-state index contributed by atoms with van der Waals surface area (Å²) in [5.41, 5.74) is 0.723. The molecule has 0 bridgehead atoms. The van der Waals surface area contributed by atoms with E-state index in [4.69, 9.17) is 56.7 Å². The molecule has 2 unspecified atom stereocenters. The van der Waals surface area contributed by atoms with Gasteiger partial charge in [-0.3, -0.25) is 28.8 Å². The SMILES string of the molecule is CCCCCCCCCCCC(=O)OCC(COC(=O)CCCCCCCCCCC)OC(=O)/C=C/C(=O)O.CCCCCCCCCCCC(=O)OCC(COC(=O)CCCCCCCCCCC)OC(=O)/C=C/C(=O)[O-].CNC1(c2ccccc2Cl)CCCCC1=O.CNC1(c2ccccc2Cl)CCCCC1=O. The van der Waals surface area contributed by atoms with Gasteiger partial charge in [-0.25, -0.2) is 14.4 Å². The predicted molar refractivity (Wildman–Crippen MR) is 433 cm³/mol. The van der Waals surface area contributed by atoms with Crippen molar-refractivity contribution in [2.45, 2.75) is 359 Å². The second-order valence-corrected chi connectivity index (χ2v) is 29.8. The van der Waals surface area contributed by atoms with Gasteiger partial charge in [0.25, 0.3) is 0 Å². The Morgan fingerprint density at radius 1 is 0.400 bits per heavy atom. The molecule has 0 saturated heterocycles. The number of aliphatic carboxylic acids is 2. The van der Waals surface area contributed by atoms with Crippen LogP contribution in [0.2, 0.25) is 10.0 Å². The molecule has 2 aromatic carbocycles. The number of hydrogen-bond acceptors (Lipinski definition) is 19. The Labute approximate surface area is 669 Å². The highest BCUT2D eigenvalue weighted by Gasteiger charge is 2.42. The van der Waals surface area contributed by atoms with E-state index in [9.17, 15) is 53.1 Å². The number of nitrogens with one attached hydrogen (secondary N) is 2. The van der Waals surface area contributed by atoms with Gasteiger partial charge in [-0.05, 0) is 94.8 Å². The normalized spacial score (nSPS) is 15.4. The van der Waals surface area contributed by atoms with Gasteiger partial charge in [0, 0.05) is 66.8 Å². The number of carbonyl (C=O) groups is 10. The number of unbranched alkanes of at least 4 members (excludes halogenated alkanes) is 32. The second-order valence-electron chi connectivity index (χ2n) is 29.0. The van der Waals surface area contributed by atoms with Crippen LogP contribution in [-0.4, -0.2) is 117 Å². The topological polar surface area (TPSA) is 293 Å². The van der Waals surface area contributed by atoms with Crippen molar-refractivity contribution in [1.29, 1.82) is 0 Å². The van der Waals surface area contributed by atoms with Crippen LogP contribution >= 0.6 is 23.2 Å². The van der Waals surface area contributed by atoms with Crippen molar-refractivity contribution < 1.29 is 86.6 Å². The summed E-state index contributed by atoms with van der Waals surface area (Å²) in [6.07, 6.45) is 49.7. The quantitative estimate of drug-likeness (QED) is 0.0240. The number of likely N-dealkylation sites (N-methyl/N-ethyl adjacent to an activating group) is 2. The van der Waals surface area contributed by atoms with Gasteiger partial charge in [-0.15, -0.1) is 0 Å². The van der Waals surface area contributed by atoms with Crippen LogP contribution in [0.4, 0.5) is 0 Å². The Bertz CT molecular complexity index is 2650. The molecule has 2 atom stereocenters. The van der Waals surface area contributed by atoms with E-state index < -0.39 is 71.0 Å². The van der Waals surface area contributed by atoms with Crippen LogP contribution < -0.4 is 15.7 Å². The molecule has 2 aromatic rings. The van der Waals surface area contributed by atoms with Crippen LogP contribution in [0.1, 0.15) is 347 Å². The molecule has 0 aromatic heterocycles. The number of ether oxygens (including phenoxy) is 6. The molecule has 4 rings (SSSR count). The fourth-order valence-electron chi connectivity index (χ4n) is 13.3. The summed E-state index contributed by atoms with van der Waals surface area (Å²) in [7, 11) is 3.68. The predicted octanol–water partition coefficient (Wildman–Crippen LogP) is 19.4. The third kappa shape index (κ3) is 49.8. The summed E-state index contributed by atoms with van der Waals surface area (Å²) >= 11 is 12.4. The lowest BCUT2D eigenvalue weighted by Crippen LogP contribution is -2.49. The number of esters is 6. The monoisotopic (exact) mass is 1580 g/mol. The van der Waals surface area contributed by atoms with Crippen molar-refractivity contribution in [3.05, 3.63) is 94.0 Å². The lowest BCUT2D eigenvalue weighted by Gasteiger charge is -2.36. The van der Waals surface area contributed by atoms with E-state index in [1.807, 2.05) is 62.6 Å². The van der Waals surface area contributed by atoms with Crippen LogP contribution in [0.3, 0.4) is 0 Å². The molecule has 110 heavy (non-hydrogen) atoms. The van der Waals surface area contributed by atoms with E-state index in [2.05, 4.69) is 38.3 Å². The first kappa shape index (κ1) is 102. The third-order valence-corrected chi connectivity index (χ3v) is 20.5. The van der Waals surface area contributed by atoms with E-state index in [-0.39, 0.29) is 63.7 Å². The number of ketones is 2. The molecule has 20 nitrogen and oxygen atoms in total. The maximum atomic E-state index is 12.2. The van der Waals surface area contributed by atoms with E-state index >= 15 is 0 Å². The zero-order valence-electron chi connectivity index (χ0n) is 68.0. The van der Waals surface area contributed by atoms with Crippen molar-refractivity contribution in [3.63, 3.8) is 0 Å². The first-order valence-electron chi connectivity index (χ1n) is 42.0. The van der Waals surface area contributed by atoms with Crippen LogP contribution in [0.25, 0.3) is 0 Å². The van der Waals surface area contributed by atoms with Crippen molar-refractivity contribution in [2.24, 2.45) is 0 Å². The van der Waals surface area contributed by atoms with Crippen LogP contribution in [0.15, 0.2) is 72.8 Å². The second kappa shape index (κ2) is 67.1. The molecule has 0 heterocycles. The largest absolute Gasteiger partial charge is 0.545 e. The molecule has 624 valence electrons. The fourth-order valence-corrected chi connectivity index (χ4v) is 13.9. The minimum Gasteiger partial charge on any atom is -0.545 e. The number of hydrogen-bond donors (Lipinski definition) is 3. The van der Waals surface area contributed by atoms with Crippen LogP contribution in [0, 0.1) is 0 Å². The molecular weight excluding hydrogens is 1440 g/mol. The first-order chi connectivity index (χ1) is 53.2. The van der Waals surface area contributed by atoms with Gasteiger partial charge in [0.15, 0.2) is 23.8 Å². The van der Waals surface area contributed by atoms with Gasteiger partial charge in [0.05, 0.1) is 5.97 Å². The Hall–Kier alpha value is -6.48. The number of carbonyl (C=O) groups excluding carboxylic acids is 9. The summed E-state index contributed by atoms with van der Waals surface area (Å²) < 4.78 is 31.2. The molecule has 22 heteroatoms. The molecular formula is C88H139Cl2N2O18-. The summed E-state index contributed by atoms with van der Waals surface area (Å²) in [5.74, 6) is -5.80. The number of benzene rings is 2. The van der Waals surface area contributed by atoms with Gasteiger partial charge in [-0.1, -0.05) is 306 Å². The maximum Gasteiger partial charge on any atom is 0.331 e. The Kier molecular flexibility index (Phi) is 61.9. The molecule has 3 N–H and O–H groups in total. The molecule has 2 fully saturated rings. The van der Waals surface area contributed by atoms with Crippen LogP contribution in [-0.2, 0) is 87.4 Å². The van der Waals surface area contributed by atoms with E-state index in [0.29, 0.717) is 41.1 Å². The average Bonchev–Trinajstić information content (AvgIpc) is 0.785. The fraction of sp³-hybridized carbons (Fsp3) is 0.705. The number of carboxylic acid groups (broad SMARTS) is 2. The molecule has 2 saturated carbocycles. The van der Waals surface area contributed by atoms with Crippen molar-refractivity contribution in [3.8, 4) is 0 Å². The highest BCUT2D eigenvalue weighted by Crippen LogP contribution is 2.39. The van der Waals surface area contributed by atoms with Crippen LogP contribution in [0.5, 0.6) is 0 Å². The van der Waals surface area contributed by atoms with Gasteiger partial charge in [0.1, 0.15) is 37.5 Å². The zero-order valence-corrected chi connectivity index (χ0v) is 69.5. The minimum atomic E-state index is -1.54. The highest BCUT2D eigenvalue weighted by molar-refractivity contribution is 6.32. The lowest BCUT2D eigenvalue weighted by atomic mass is 9.75. The number of carboxylic acids is 2. The minimum absolute atomic E-state index is 0.256. The summed E-state index contributed by atoms with van der Waals surface area (Å²) in [4.78, 5) is 118. The highest BCUT2D eigenvalue weighted by atomic mass is 35.5. The van der Waals surface area contributed by atoms with Crippen molar-refractivity contribution in [2.75, 3.05) is 40.5 Å². The third-order valence-electron chi connectivity index (χ3n) is 19.8. The summed E-state index contributed by atoms with van der Waals surface area (Å²) in [6.45, 7) is 7.75. The maximum absolute atomic E-state index is 12.2. The molecule has 2 aliphatic carbocycles. The Balaban J connectivity index is 0.000000788. The molecule has 2 aliphatic rings. The number of rotatable bonds is 58. The van der Waals surface area contributed by atoms with E-state index in [1.54, 1.807) is 0 Å². The number of halogens is 2. The summed E-state index contributed by atoms with van der Waals surface area (Å²) in [5, 5.41) is 26.9. The van der Waals surface area contributed by atoms with Crippen molar-refractivity contribution >= 4 is 82.5 Å². The van der Waals surface area contributed by atoms with E-state index in [1.165, 1.54) is 154 Å². The van der Waals surface area contributed by atoms with Gasteiger partial charge in [-0.2, -0.15) is 0 Å². The standard InChI is InChI=1S/2C31H54O8.2C13H16ClNO/c2*1-3-5-7-9-11-13-15-17-19-21-29(34)37-25-27(39-31(36)24-23-28(32)33)26-38-30(35)22-20-18-16-14-12-10-8-6-4-2;2*1-15-13(9-5-4-8-12(13)16)10-6-2-3-7-11(10)14/h2*23-24,27H,3-22,25-26H2,1-2H3,(H,32,33);2*2-3,6-7,15H,4-5,8-9H2,1H3/p-1/b2*24-23+;;. The molecule has 0 radical (unpaired) electrons. The van der Waals surface area contributed by atoms with Gasteiger partial charge < -0.3 is 54.1 Å². The number of Topliss-reactive ketones (excluding diaryl/α,β-unsaturated/α-hetero) is 2. The zero-order chi connectivity index (χ0) is 81.1. The Morgan fingerprint density at radius 3 is 0.891 bits per heavy atom. The smallest absolute Gasteiger partial charge is 0.331 e. The lowest BCUT2D eigenvalue weighted by molar-refractivity contribution is -0.297. The first-order valence-corrected chi connectivity index (χ1v) is 42.7. The average molecular weight is 1580 g/mol. The van der Waals surface area contributed by atoms with Gasteiger partial charge >= 0.3 is 41.8 Å². The van der Waals surface area contributed by atoms with Gasteiger partial charge in [0.2, 0.25) is 0 Å².